The van der Waals surface area contributed by atoms with Gasteiger partial charge in [0.1, 0.15) is 5.75 Å². The standard InChI is InChI=1S/C17H17BrClNO/c1-2-16(20-13-4-5-14(18)15(19)10-13)11-3-6-17-12(9-11)7-8-21-17/h3-6,9-10,16,20H,2,7-8H2,1H3. The van der Waals surface area contributed by atoms with Gasteiger partial charge in [0.2, 0.25) is 0 Å². The van der Waals surface area contributed by atoms with Gasteiger partial charge in [-0.2, -0.15) is 0 Å². The van der Waals surface area contributed by atoms with Crippen LogP contribution in [0.4, 0.5) is 5.69 Å². The molecule has 2 nitrogen and oxygen atoms in total. The molecule has 0 aliphatic carbocycles. The lowest BCUT2D eigenvalue weighted by Gasteiger charge is -2.20. The second-order valence-corrected chi connectivity index (χ2v) is 6.46. The summed E-state index contributed by atoms with van der Waals surface area (Å²) in [5.41, 5.74) is 3.63. The highest BCUT2D eigenvalue weighted by atomic mass is 79.9. The molecule has 1 heterocycles. The molecule has 1 unspecified atom stereocenters. The van der Waals surface area contributed by atoms with Crippen LogP contribution >= 0.6 is 27.5 Å². The fourth-order valence-electron chi connectivity index (χ4n) is 2.63. The molecule has 0 saturated heterocycles. The molecule has 0 radical (unpaired) electrons. The summed E-state index contributed by atoms with van der Waals surface area (Å²) < 4.78 is 6.49. The number of fused-ring (bicyclic) bond motifs is 1. The molecule has 4 heteroatoms. The van der Waals surface area contributed by atoms with Crippen molar-refractivity contribution in [1.29, 1.82) is 0 Å². The molecular weight excluding hydrogens is 350 g/mol. The van der Waals surface area contributed by atoms with Gasteiger partial charge in [0.25, 0.3) is 0 Å². The number of benzene rings is 2. The fourth-order valence-corrected chi connectivity index (χ4v) is 3.06. The van der Waals surface area contributed by atoms with Crippen LogP contribution in [0.25, 0.3) is 0 Å². The quantitative estimate of drug-likeness (QED) is 0.760. The lowest BCUT2D eigenvalue weighted by Crippen LogP contribution is -2.09. The van der Waals surface area contributed by atoms with Crippen LogP contribution in [0.1, 0.15) is 30.5 Å². The maximum absolute atomic E-state index is 6.16. The molecule has 3 rings (SSSR count). The molecule has 1 N–H and O–H groups in total. The van der Waals surface area contributed by atoms with Crippen LogP contribution in [0, 0.1) is 0 Å². The fraction of sp³-hybridized carbons (Fsp3) is 0.294. The van der Waals surface area contributed by atoms with E-state index in [2.05, 4.69) is 46.4 Å². The van der Waals surface area contributed by atoms with Gasteiger partial charge in [-0.05, 0) is 63.8 Å². The minimum absolute atomic E-state index is 0.271. The SMILES string of the molecule is CCC(Nc1ccc(Br)c(Cl)c1)c1ccc2c(c1)CCO2. The first-order valence-electron chi connectivity index (χ1n) is 7.14. The van der Waals surface area contributed by atoms with Crippen LogP contribution in [0.3, 0.4) is 0 Å². The Morgan fingerprint density at radius 2 is 2.14 bits per heavy atom. The van der Waals surface area contributed by atoms with E-state index in [9.17, 15) is 0 Å². The number of rotatable bonds is 4. The highest BCUT2D eigenvalue weighted by Gasteiger charge is 2.16. The van der Waals surface area contributed by atoms with Crippen molar-refractivity contribution in [2.24, 2.45) is 0 Å². The van der Waals surface area contributed by atoms with Crippen molar-refractivity contribution in [2.45, 2.75) is 25.8 Å². The van der Waals surface area contributed by atoms with Crippen LogP contribution < -0.4 is 10.1 Å². The summed E-state index contributed by atoms with van der Waals surface area (Å²) in [5, 5.41) is 4.28. The Morgan fingerprint density at radius 3 is 2.90 bits per heavy atom. The Balaban J connectivity index is 1.83. The summed E-state index contributed by atoms with van der Waals surface area (Å²) in [6.07, 6.45) is 2.01. The molecule has 0 aromatic heterocycles. The molecule has 1 aliphatic heterocycles. The maximum Gasteiger partial charge on any atom is 0.122 e. The second-order valence-electron chi connectivity index (χ2n) is 5.20. The summed E-state index contributed by atoms with van der Waals surface area (Å²) in [5.74, 6) is 1.03. The second kappa shape index (κ2) is 6.29. The molecule has 1 atom stereocenters. The number of anilines is 1. The van der Waals surface area contributed by atoms with Crippen LogP contribution in [0.5, 0.6) is 5.75 Å². The average Bonchev–Trinajstić information content (AvgIpc) is 2.95. The lowest BCUT2D eigenvalue weighted by atomic mass is 10.0. The molecule has 21 heavy (non-hydrogen) atoms. The van der Waals surface area contributed by atoms with Crippen LogP contribution in [0.2, 0.25) is 5.02 Å². The summed E-state index contributed by atoms with van der Waals surface area (Å²) >= 11 is 9.58. The van der Waals surface area contributed by atoms with Crippen molar-refractivity contribution in [3.63, 3.8) is 0 Å². The van der Waals surface area contributed by atoms with E-state index in [4.69, 9.17) is 16.3 Å². The highest BCUT2D eigenvalue weighted by molar-refractivity contribution is 9.10. The summed E-state index contributed by atoms with van der Waals surface area (Å²) in [6, 6.07) is 12.7. The summed E-state index contributed by atoms with van der Waals surface area (Å²) in [6.45, 7) is 2.98. The number of hydrogen-bond acceptors (Lipinski definition) is 2. The molecule has 0 amide bonds. The van der Waals surface area contributed by atoms with Crippen molar-refractivity contribution in [3.8, 4) is 5.75 Å². The predicted octanol–water partition coefficient (Wildman–Crippen LogP) is 5.60. The smallest absolute Gasteiger partial charge is 0.122 e. The minimum atomic E-state index is 0.271. The van der Waals surface area contributed by atoms with Gasteiger partial charge in [-0.25, -0.2) is 0 Å². The minimum Gasteiger partial charge on any atom is -0.493 e. The number of ether oxygens (including phenoxy) is 1. The summed E-state index contributed by atoms with van der Waals surface area (Å²) in [7, 11) is 0. The molecule has 1 aliphatic rings. The van der Waals surface area contributed by atoms with Crippen LogP contribution in [0.15, 0.2) is 40.9 Å². The van der Waals surface area contributed by atoms with Gasteiger partial charge in [0.15, 0.2) is 0 Å². The van der Waals surface area contributed by atoms with Crippen molar-refractivity contribution < 1.29 is 4.74 Å². The lowest BCUT2D eigenvalue weighted by molar-refractivity contribution is 0.357. The van der Waals surface area contributed by atoms with Gasteiger partial charge in [0.05, 0.1) is 17.7 Å². The first kappa shape index (κ1) is 14.7. The van der Waals surface area contributed by atoms with Gasteiger partial charge in [-0.1, -0.05) is 24.6 Å². The average molecular weight is 367 g/mol. The zero-order valence-corrected chi connectivity index (χ0v) is 14.2. The largest absolute Gasteiger partial charge is 0.493 e. The van der Waals surface area contributed by atoms with E-state index in [1.807, 2.05) is 18.2 Å². The maximum atomic E-state index is 6.16. The summed E-state index contributed by atoms with van der Waals surface area (Å²) in [4.78, 5) is 0. The number of halogens is 2. The van der Waals surface area contributed by atoms with E-state index in [0.29, 0.717) is 0 Å². The van der Waals surface area contributed by atoms with Crippen molar-refractivity contribution >= 4 is 33.2 Å². The highest BCUT2D eigenvalue weighted by Crippen LogP contribution is 2.32. The molecule has 110 valence electrons. The van der Waals surface area contributed by atoms with E-state index >= 15 is 0 Å². The van der Waals surface area contributed by atoms with Gasteiger partial charge in [0, 0.05) is 16.6 Å². The first-order chi connectivity index (χ1) is 10.2. The normalized spacial score (nSPS) is 14.4. The van der Waals surface area contributed by atoms with E-state index in [-0.39, 0.29) is 6.04 Å². The van der Waals surface area contributed by atoms with Gasteiger partial charge in [-0.3, -0.25) is 0 Å². The zero-order valence-electron chi connectivity index (χ0n) is 11.8. The molecular formula is C17H17BrClNO. The third kappa shape index (κ3) is 3.19. The first-order valence-corrected chi connectivity index (χ1v) is 8.31. The van der Waals surface area contributed by atoms with Crippen molar-refractivity contribution in [1.82, 2.24) is 0 Å². The topological polar surface area (TPSA) is 21.3 Å². The third-order valence-electron chi connectivity index (χ3n) is 3.78. The molecule has 2 aromatic rings. The molecule has 0 spiro atoms. The predicted molar refractivity (Wildman–Crippen MR) is 91.4 cm³/mol. The number of nitrogens with one attached hydrogen (secondary N) is 1. The zero-order chi connectivity index (χ0) is 14.8. The molecule has 0 saturated carbocycles. The van der Waals surface area contributed by atoms with Crippen LogP contribution in [-0.2, 0) is 6.42 Å². The Labute approximate surface area is 138 Å². The molecule has 2 aromatic carbocycles. The Kier molecular flexibility index (Phi) is 4.41. The van der Waals surface area contributed by atoms with Crippen molar-refractivity contribution in [3.05, 3.63) is 57.0 Å². The monoisotopic (exact) mass is 365 g/mol. The Morgan fingerprint density at radius 1 is 1.29 bits per heavy atom. The van der Waals surface area contributed by atoms with E-state index in [1.54, 1.807) is 0 Å². The van der Waals surface area contributed by atoms with Crippen molar-refractivity contribution in [2.75, 3.05) is 11.9 Å². The Hall–Kier alpha value is -1.19. The third-order valence-corrected chi connectivity index (χ3v) is 5.02. The van der Waals surface area contributed by atoms with E-state index in [0.717, 1.165) is 40.4 Å². The number of hydrogen-bond donors (Lipinski definition) is 1. The van der Waals surface area contributed by atoms with Gasteiger partial charge < -0.3 is 10.1 Å². The molecule has 0 fully saturated rings. The van der Waals surface area contributed by atoms with Gasteiger partial charge in [-0.15, -0.1) is 0 Å². The Bertz CT molecular complexity index is 659. The van der Waals surface area contributed by atoms with Gasteiger partial charge >= 0.3 is 0 Å². The van der Waals surface area contributed by atoms with Crippen LogP contribution in [-0.4, -0.2) is 6.61 Å². The molecule has 0 bridgehead atoms. The van der Waals surface area contributed by atoms with E-state index in [1.165, 1.54) is 11.1 Å². The van der Waals surface area contributed by atoms with E-state index < -0.39 is 0 Å².